The molecule has 1 aliphatic rings. The molecule has 0 fully saturated rings. The lowest BCUT2D eigenvalue weighted by molar-refractivity contribution is 0.435. The van der Waals surface area contributed by atoms with E-state index in [1.807, 2.05) is 19.3 Å². The molecule has 0 amide bonds. The Hall–Kier alpha value is -0.860. The van der Waals surface area contributed by atoms with Crippen molar-refractivity contribution in [1.82, 2.24) is 5.01 Å². The Kier molecular flexibility index (Phi) is 1.06. The lowest BCUT2D eigenvalue weighted by atomic mass is 10.6. The van der Waals surface area contributed by atoms with E-state index in [2.05, 4.69) is 10.3 Å². The van der Waals surface area contributed by atoms with Gasteiger partial charge < -0.3 is 0 Å². The van der Waals surface area contributed by atoms with E-state index in [1.54, 1.807) is 5.01 Å². The lowest BCUT2D eigenvalue weighted by Crippen LogP contribution is -2.02. The van der Waals surface area contributed by atoms with Gasteiger partial charge in [0, 0.05) is 13.2 Å². The van der Waals surface area contributed by atoms with E-state index >= 15 is 0 Å². The Morgan fingerprint density at radius 3 is 2.86 bits per heavy atom. The Bertz CT molecular complexity index is 93.5. The molecule has 0 aromatic heterocycles. The minimum absolute atomic E-state index is 0.727. The second-order valence-electron chi connectivity index (χ2n) is 1.37. The summed E-state index contributed by atoms with van der Waals surface area (Å²) >= 11 is 0. The van der Waals surface area contributed by atoms with Crippen LogP contribution < -0.4 is 0 Å². The maximum atomic E-state index is 3.72. The number of rotatable bonds is 0. The largest absolute Gasteiger partial charge is 0.258 e. The van der Waals surface area contributed by atoms with E-state index in [0.29, 0.717) is 0 Å². The number of nitrogens with zero attached hydrogens (tertiary/aromatic N) is 3. The molecule has 3 heteroatoms. The third-order valence-corrected chi connectivity index (χ3v) is 0.713. The first-order chi connectivity index (χ1) is 3.39. The molecule has 3 nitrogen and oxygen atoms in total. The van der Waals surface area contributed by atoms with Gasteiger partial charge in [-0.05, 0) is 6.08 Å². The van der Waals surface area contributed by atoms with E-state index in [9.17, 15) is 0 Å². The van der Waals surface area contributed by atoms with Crippen LogP contribution in [-0.4, -0.2) is 18.6 Å². The van der Waals surface area contributed by atoms with Gasteiger partial charge in [0.25, 0.3) is 0 Å². The van der Waals surface area contributed by atoms with Crippen LogP contribution in [-0.2, 0) is 0 Å². The predicted molar refractivity (Wildman–Crippen MR) is 26.6 cm³/mol. The molecule has 0 aromatic carbocycles. The fraction of sp³-hybridized carbons (Fsp3) is 0.500. The van der Waals surface area contributed by atoms with E-state index in [-0.39, 0.29) is 0 Å². The molecule has 1 heterocycles. The summed E-state index contributed by atoms with van der Waals surface area (Å²) in [5, 5.41) is 9.09. The summed E-state index contributed by atoms with van der Waals surface area (Å²) in [6.45, 7) is 0.727. The normalized spacial score (nSPS) is 18.1. The second-order valence-corrected chi connectivity index (χ2v) is 1.37. The van der Waals surface area contributed by atoms with Crippen LogP contribution in [0.25, 0.3) is 0 Å². The maximum Gasteiger partial charge on any atom is 0.0819 e. The topological polar surface area (TPSA) is 28.0 Å². The molecule has 1 rings (SSSR count). The molecule has 0 spiro atoms. The van der Waals surface area contributed by atoms with Crippen LogP contribution in [0.2, 0.25) is 0 Å². The molecule has 38 valence electrons. The number of hydrogen-bond acceptors (Lipinski definition) is 3. The molecule has 0 unspecified atom stereocenters. The zero-order valence-corrected chi connectivity index (χ0v) is 4.20. The monoisotopic (exact) mass is 97.1 g/mol. The SMILES string of the molecule is CN1C=CCN=N1. The van der Waals surface area contributed by atoms with Gasteiger partial charge in [0.2, 0.25) is 0 Å². The summed E-state index contributed by atoms with van der Waals surface area (Å²) in [6.07, 6.45) is 3.83. The van der Waals surface area contributed by atoms with Crippen LogP contribution in [0.3, 0.4) is 0 Å². The highest BCUT2D eigenvalue weighted by Crippen LogP contribution is 1.92. The molecule has 1 aliphatic heterocycles. The van der Waals surface area contributed by atoms with E-state index < -0.39 is 0 Å². The van der Waals surface area contributed by atoms with Crippen LogP contribution >= 0.6 is 0 Å². The van der Waals surface area contributed by atoms with E-state index in [4.69, 9.17) is 0 Å². The first-order valence-corrected chi connectivity index (χ1v) is 2.16. The highest BCUT2D eigenvalue weighted by Gasteiger charge is 1.86. The van der Waals surface area contributed by atoms with Gasteiger partial charge in [-0.25, -0.2) is 0 Å². The van der Waals surface area contributed by atoms with Gasteiger partial charge in [-0.3, -0.25) is 5.01 Å². The maximum absolute atomic E-state index is 3.72. The van der Waals surface area contributed by atoms with E-state index in [1.165, 1.54) is 0 Å². The summed E-state index contributed by atoms with van der Waals surface area (Å²) in [5.74, 6) is 0. The van der Waals surface area contributed by atoms with Crippen LogP contribution in [0.5, 0.6) is 0 Å². The van der Waals surface area contributed by atoms with Gasteiger partial charge >= 0.3 is 0 Å². The van der Waals surface area contributed by atoms with Gasteiger partial charge in [0.15, 0.2) is 0 Å². The van der Waals surface area contributed by atoms with Crippen molar-refractivity contribution in [2.45, 2.75) is 0 Å². The molecule has 0 bridgehead atoms. The quantitative estimate of drug-likeness (QED) is 0.439. The Balaban J connectivity index is 2.49. The second kappa shape index (κ2) is 1.73. The van der Waals surface area contributed by atoms with Crippen molar-refractivity contribution in [2.75, 3.05) is 13.6 Å². The van der Waals surface area contributed by atoms with Crippen molar-refractivity contribution in [3.05, 3.63) is 12.3 Å². The molecule has 0 saturated heterocycles. The molecular formula is C4H7N3. The first kappa shape index (κ1) is 4.30. The zero-order valence-electron chi connectivity index (χ0n) is 4.20. The molecule has 0 saturated carbocycles. The highest BCUT2D eigenvalue weighted by atomic mass is 15.5. The van der Waals surface area contributed by atoms with Gasteiger partial charge in [-0.2, -0.15) is 5.11 Å². The van der Waals surface area contributed by atoms with Crippen molar-refractivity contribution in [2.24, 2.45) is 10.3 Å². The van der Waals surface area contributed by atoms with Crippen LogP contribution in [0.1, 0.15) is 0 Å². The van der Waals surface area contributed by atoms with Crippen molar-refractivity contribution in [3.8, 4) is 0 Å². The van der Waals surface area contributed by atoms with Crippen molar-refractivity contribution < 1.29 is 0 Å². The van der Waals surface area contributed by atoms with Crippen LogP contribution in [0.15, 0.2) is 22.6 Å². The zero-order chi connectivity index (χ0) is 5.11. The van der Waals surface area contributed by atoms with Gasteiger partial charge in [0.1, 0.15) is 0 Å². The minimum atomic E-state index is 0.727. The fourth-order valence-corrected chi connectivity index (χ4v) is 0.413. The smallest absolute Gasteiger partial charge is 0.0819 e. The minimum Gasteiger partial charge on any atom is -0.258 e. The molecule has 0 N–H and O–H groups in total. The van der Waals surface area contributed by atoms with E-state index in [0.717, 1.165) is 6.54 Å². The third kappa shape index (κ3) is 0.994. The lowest BCUT2D eigenvalue weighted by Gasteiger charge is -2.05. The Morgan fingerprint density at radius 1 is 1.71 bits per heavy atom. The Labute approximate surface area is 42.3 Å². The summed E-state index contributed by atoms with van der Waals surface area (Å²) in [5.41, 5.74) is 0. The molecule has 7 heavy (non-hydrogen) atoms. The average molecular weight is 97.1 g/mol. The van der Waals surface area contributed by atoms with Crippen molar-refractivity contribution >= 4 is 0 Å². The summed E-state index contributed by atoms with van der Waals surface area (Å²) in [6, 6.07) is 0. The number of hydrogen-bond donors (Lipinski definition) is 0. The first-order valence-electron chi connectivity index (χ1n) is 2.16. The third-order valence-electron chi connectivity index (χ3n) is 0.713. The average Bonchev–Trinajstić information content (AvgIpc) is 1.69. The summed E-state index contributed by atoms with van der Waals surface area (Å²) in [4.78, 5) is 0. The van der Waals surface area contributed by atoms with Gasteiger partial charge in [-0.15, -0.1) is 0 Å². The summed E-state index contributed by atoms with van der Waals surface area (Å²) < 4.78 is 0. The molecule has 0 aliphatic carbocycles. The molecule has 0 atom stereocenters. The highest BCUT2D eigenvalue weighted by molar-refractivity contribution is 4.83. The Morgan fingerprint density at radius 2 is 2.57 bits per heavy atom. The predicted octanol–water partition coefficient (Wildman–Crippen LogP) is 0.813. The molecule has 0 radical (unpaired) electrons. The van der Waals surface area contributed by atoms with Gasteiger partial charge in [0.05, 0.1) is 6.54 Å². The van der Waals surface area contributed by atoms with Crippen molar-refractivity contribution in [1.29, 1.82) is 0 Å². The van der Waals surface area contributed by atoms with Crippen molar-refractivity contribution in [3.63, 3.8) is 0 Å². The molecule has 0 aromatic rings. The van der Waals surface area contributed by atoms with Crippen LogP contribution in [0, 0.1) is 0 Å². The van der Waals surface area contributed by atoms with Gasteiger partial charge in [-0.1, -0.05) is 5.22 Å². The summed E-state index contributed by atoms with van der Waals surface area (Å²) in [7, 11) is 1.85. The molecular weight excluding hydrogens is 90.1 g/mol. The fourth-order valence-electron chi connectivity index (χ4n) is 0.413. The van der Waals surface area contributed by atoms with Crippen LogP contribution in [0.4, 0.5) is 0 Å². The standard InChI is InChI=1S/C4H7N3/c1-7-4-2-3-5-6-7/h2,4H,3H2,1H3.